The first-order valence-corrected chi connectivity index (χ1v) is 9.99. The standard InChI is InChI=1S/C17H20N4O2S2/c1-11(2)18-16-19-20-17(25-16)24-10-14(22)12-5-3-6-13(9-12)21-8-4-7-15(21)23/h3,5-6,9,11H,4,7-8,10H2,1-2H3,(H,18,19). The molecule has 1 saturated heterocycles. The Balaban J connectivity index is 1.61. The molecule has 0 spiro atoms. The molecule has 132 valence electrons. The molecule has 0 saturated carbocycles. The molecule has 1 amide bonds. The SMILES string of the molecule is CC(C)Nc1nnc(SCC(=O)c2cccc(N3CCCC3=O)c2)s1. The minimum atomic E-state index is 0.0204. The first-order chi connectivity index (χ1) is 12.0. The monoisotopic (exact) mass is 376 g/mol. The normalized spacial score (nSPS) is 14.4. The third kappa shape index (κ3) is 4.58. The minimum absolute atomic E-state index is 0.0204. The zero-order valence-electron chi connectivity index (χ0n) is 14.2. The van der Waals surface area contributed by atoms with E-state index in [1.54, 1.807) is 17.0 Å². The van der Waals surface area contributed by atoms with Crippen LogP contribution in [0.2, 0.25) is 0 Å². The molecule has 8 heteroatoms. The summed E-state index contributed by atoms with van der Waals surface area (Å²) in [6, 6.07) is 7.59. The number of amides is 1. The molecule has 25 heavy (non-hydrogen) atoms. The molecule has 1 aromatic carbocycles. The van der Waals surface area contributed by atoms with E-state index in [-0.39, 0.29) is 11.7 Å². The lowest BCUT2D eigenvalue weighted by atomic mass is 10.1. The number of anilines is 2. The number of carbonyl (C=O) groups is 2. The molecular weight excluding hydrogens is 356 g/mol. The number of ketones is 1. The second kappa shape index (κ2) is 7.97. The highest BCUT2D eigenvalue weighted by Crippen LogP contribution is 2.27. The second-order valence-corrected chi connectivity index (χ2v) is 8.28. The van der Waals surface area contributed by atoms with Crippen LogP contribution in [0.15, 0.2) is 28.6 Å². The molecule has 0 unspecified atom stereocenters. The van der Waals surface area contributed by atoms with Gasteiger partial charge in [-0.15, -0.1) is 10.2 Å². The average molecular weight is 377 g/mol. The Kier molecular flexibility index (Phi) is 5.70. The van der Waals surface area contributed by atoms with E-state index in [0.29, 0.717) is 23.8 Å². The van der Waals surface area contributed by atoms with E-state index in [9.17, 15) is 9.59 Å². The largest absolute Gasteiger partial charge is 0.358 e. The van der Waals surface area contributed by atoms with Gasteiger partial charge in [0.25, 0.3) is 0 Å². The van der Waals surface area contributed by atoms with E-state index in [1.807, 2.05) is 26.0 Å². The number of hydrogen-bond donors (Lipinski definition) is 1. The Morgan fingerprint density at radius 2 is 2.24 bits per heavy atom. The van der Waals surface area contributed by atoms with Gasteiger partial charge in [0, 0.05) is 30.3 Å². The number of thioether (sulfide) groups is 1. The molecule has 6 nitrogen and oxygen atoms in total. The Labute approximate surface area is 155 Å². The first-order valence-electron chi connectivity index (χ1n) is 8.19. The van der Waals surface area contributed by atoms with Crippen molar-refractivity contribution in [3.05, 3.63) is 29.8 Å². The third-order valence-corrected chi connectivity index (χ3v) is 5.69. The van der Waals surface area contributed by atoms with Crippen molar-refractivity contribution in [3.63, 3.8) is 0 Å². The van der Waals surface area contributed by atoms with E-state index in [1.165, 1.54) is 23.1 Å². The summed E-state index contributed by atoms with van der Waals surface area (Å²) in [5, 5.41) is 12.1. The number of Topliss-reactive ketones (excluding diaryl/α,β-unsaturated/α-hetero) is 1. The highest BCUT2D eigenvalue weighted by atomic mass is 32.2. The Morgan fingerprint density at radius 1 is 1.40 bits per heavy atom. The molecule has 1 aromatic heterocycles. The molecule has 1 fully saturated rings. The first kappa shape index (κ1) is 17.9. The summed E-state index contributed by atoms with van der Waals surface area (Å²) in [6.07, 6.45) is 1.45. The number of benzene rings is 1. The third-order valence-electron chi connectivity index (χ3n) is 3.70. The van der Waals surface area contributed by atoms with Crippen molar-refractivity contribution in [1.82, 2.24) is 10.2 Å². The van der Waals surface area contributed by atoms with Gasteiger partial charge in [0.1, 0.15) is 0 Å². The van der Waals surface area contributed by atoms with Gasteiger partial charge >= 0.3 is 0 Å². The van der Waals surface area contributed by atoms with E-state index < -0.39 is 0 Å². The van der Waals surface area contributed by atoms with Crippen LogP contribution >= 0.6 is 23.1 Å². The van der Waals surface area contributed by atoms with Crippen molar-refractivity contribution in [2.24, 2.45) is 0 Å². The Hall–Kier alpha value is -1.93. The van der Waals surface area contributed by atoms with Crippen LogP contribution in [-0.4, -0.2) is 40.2 Å². The maximum Gasteiger partial charge on any atom is 0.227 e. The summed E-state index contributed by atoms with van der Waals surface area (Å²) in [6.45, 7) is 4.80. The number of hydrogen-bond acceptors (Lipinski definition) is 7. The van der Waals surface area contributed by atoms with E-state index in [0.717, 1.165) is 28.1 Å². The summed E-state index contributed by atoms with van der Waals surface area (Å²) in [5.41, 5.74) is 1.42. The minimum Gasteiger partial charge on any atom is -0.358 e. The lowest BCUT2D eigenvalue weighted by Crippen LogP contribution is -2.23. The van der Waals surface area contributed by atoms with Crippen LogP contribution in [0, 0.1) is 0 Å². The molecular formula is C17H20N4O2S2. The molecule has 2 heterocycles. The van der Waals surface area contributed by atoms with E-state index in [4.69, 9.17) is 0 Å². The van der Waals surface area contributed by atoms with Gasteiger partial charge in [-0.1, -0.05) is 35.2 Å². The van der Waals surface area contributed by atoms with E-state index >= 15 is 0 Å². The molecule has 0 atom stereocenters. The number of carbonyl (C=O) groups excluding carboxylic acids is 2. The van der Waals surface area contributed by atoms with Gasteiger partial charge in [0.15, 0.2) is 10.1 Å². The van der Waals surface area contributed by atoms with Crippen LogP contribution in [-0.2, 0) is 4.79 Å². The number of nitrogens with zero attached hydrogens (tertiary/aromatic N) is 3. The van der Waals surface area contributed by atoms with Crippen LogP contribution in [0.1, 0.15) is 37.0 Å². The van der Waals surface area contributed by atoms with Gasteiger partial charge in [0.2, 0.25) is 11.0 Å². The quantitative estimate of drug-likeness (QED) is 0.589. The van der Waals surface area contributed by atoms with Crippen LogP contribution in [0.25, 0.3) is 0 Å². The van der Waals surface area contributed by atoms with Gasteiger partial charge < -0.3 is 10.2 Å². The highest BCUT2D eigenvalue weighted by Gasteiger charge is 2.22. The highest BCUT2D eigenvalue weighted by molar-refractivity contribution is 8.01. The predicted octanol–water partition coefficient (Wildman–Crippen LogP) is 3.46. The molecule has 1 aliphatic heterocycles. The summed E-state index contributed by atoms with van der Waals surface area (Å²) >= 11 is 2.83. The van der Waals surface area contributed by atoms with Gasteiger partial charge in [-0.25, -0.2) is 0 Å². The van der Waals surface area contributed by atoms with Crippen molar-refractivity contribution >= 4 is 45.6 Å². The van der Waals surface area contributed by atoms with Crippen LogP contribution in [0.5, 0.6) is 0 Å². The van der Waals surface area contributed by atoms with Crippen molar-refractivity contribution in [1.29, 1.82) is 0 Å². The Morgan fingerprint density at radius 3 is 2.96 bits per heavy atom. The molecule has 2 aromatic rings. The number of rotatable bonds is 7. The van der Waals surface area contributed by atoms with Crippen molar-refractivity contribution in [2.45, 2.75) is 37.1 Å². The zero-order valence-corrected chi connectivity index (χ0v) is 15.8. The summed E-state index contributed by atoms with van der Waals surface area (Å²) in [5.74, 6) is 0.443. The second-order valence-electron chi connectivity index (χ2n) is 6.08. The number of aromatic nitrogens is 2. The summed E-state index contributed by atoms with van der Waals surface area (Å²) < 4.78 is 0.766. The molecule has 0 radical (unpaired) electrons. The van der Waals surface area contributed by atoms with Crippen LogP contribution < -0.4 is 10.2 Å². The Bertz CT molecular complexity index is 776. The summed E-state index contributed by atoms with van der Waals surface area (Å²) in [4.78, 5) is 26.1. The molecule has 1 N–H and O–H groups in total. The van der Waals surface area contributed by atoms with Crippen molar-refractivity contribution in [2.75, 3.05) is 22.5 Å². The summed E-state index contributed by atoms with van der Waals surface area (Å²) in [7, 11) is 0. The number of nitrogens with one attached hydrogen (secondary N) is 1. The van der Waals surface area contributed by atoms with Gasteiger partial charge in [0.05, 0.1) is 5.75 Å². The zero-order chi connectivity index (χ0) is 17.8. The van der Waals surface area contributed by atoms with Crippen molar-refractivity contribution < 1.29 is 9.59 Å². The topological polar surface area (TPSA) is 75.2 Å². The van der Waals surface area contributed by atoms with Gasteiger partial charge in [-0.2, -0.15) is 0 Å². The maximum atomic E-state index is 12.5. The van der Waals surface area contributed by atoms with Gasteiger partial charge in [-0.3, -0.25) is 9.59 Å². The fourth-order valence-electron chi connectivity index (χ4n) is 2.55. The lowest BCUT2D eigenvalue weighted by molar-refractivity contribution is -0.117. The van der Waals surface area contributed by atoms with Crippen LogP contribution in [0.3, 0.4) is 0 Å². The lowest BCUT2D eigenvalue weighted by Gasteiger charge is -2.16. The predicted molar refractivity (Wildman–Crippen MR) is 102 cm³/mol. The van der Waals surface area contributed by atoms with Gasteiger partial charge in [-0.05, 0) is 32.4 Å². The molecule has 0 bridgehead atoms. The van der Waals surface area contributed by atoms with Crippen LogP contribution in [0.4, 0.5) is 10.8 Å². The molecule has 0 aliphatic carbocycles. The molecule has 3 rings (SSSR count). The fraction of sp³-hybridized carbons (Fsp3) is 0.412. The smallest absolute Gasteiger partial charge is 0.227 e. The fourth-order valence-corrected chi connectivity index (χ4v) is 4.34. The van der Waals surface area contributed by atoms with Crippen molar-refractivity contribution in [3.8, 4) is 0 Å². The maximum absolute atomic E-state index is 12.5. The average Bonchev–Trinajstić information content (AvgIpc) is 3.21. The van der Waals surface area contributed by atoms with E-state index in [2.05, 4.69) is 15.5 Å². The molecule has 1 aliphatic rings.